The molecule has 1 atom stereocenters. The Morgan fingerprint density at radius 3 is 2.62 bits per heavy atom. The number of carboxylic acid groups (broad SMARTS) is 1. The number of aromatic hydroxyl groups is 1. The molecule has 0 spiro atoms. The Bertz CT molecular complexity index is 718. The molecule has 0 aliphatic heterocycles. The van der Waals surface area contributed by atoms with Gasteiger partial charge in [0, 0.05) is 11.6 Å². The molecule has 5 heteroatoms. The first kappa shape index (κ1) is 14.4. The predicted molar refractivity (Wildman–Crippen MR) is 75.0 cm³/mol. The van der Waals surface area contributed by atoms with Gasteiger partial charge in [-0.15, -0.1) is 0 Å². The molecular formula is C16H13NO4. The van der Waals surface area contributed by atoms with E-state index in [0.29, 0.717) is 5.56 Å². The Kier molecular flexibility index (Phi) is 4.10. The summed E-state index contributed by atoms with van der Waals surface area (Å²) in [5.74, 6) is -1.23. The van der Waals surface area contributed by atoms with Crippen LogP contribution in [-0.2, 0) is 4.79 Å². The van der Waals surface area contributed by atoms with Gasteiger partial charge in [0.25, 0.3) is 0 Å². The van der Waals surface area contributed by atoms with Gasteiger partial charge in [0.2, 0.25) is 6.10 Å². The molecule has 2 aromatic rings. The van der Waals surface area contributed by atoms with Crippen LogP contribution in [0.5, 0.6) is 11.5 Å². The molecule has 0 radical (unpaired) electrons. The van der Waals surface area contributed by atoms with Gasteiger partial charge in [-0.3, -0.25) is 0 Å². The van der Waals surface area contributed by atoms with Gasteiger partial charge < -0.3 is 14.9 Å². The topological polar surface area (TPSA) is 90.5 Å². The summed E-state index contributed by atoms with van der Waals surface area (Å²) in [6.45, 7) is 1.78. The van der Waals surface area contributed by atoms with E-state index < -0.39 is 12.1 Å². The number of hydrogen-bond donors (Lipinski definition) is 2. The number of phenols is 1. The summed E-state index contributed by atoms with van der Waals surface area (Å²) >= 11 is 0. The second-order valence-corrected chi connectivity index (χ2v) is 4.48. The molecule has 0 bridgehead atoms. The Morgan fingerprint density at radius 1 is 1.29 bits per heavy atom. The van der Waals surface area contributed by atoms with Gasteiger partial charge >= 0.3 is 5.97 Å². The second-order valence-electron chi connectivity index (χ2n) is 4.48. The maximum absolute atomic E-state index is 11.5. The number of carbonyl (C=O) groups is 1. The van der Waals surface area contributed by atoms with Crippen LogP contribution in [0.15, 0.2) is 42.5 Å². The van der Waals surface area contributed by atoms with Crippen LogP contribution in [0.3, 0.4) is 0 Å². The average Bonchev–Trinajstić information content (AvgIpc) is 2.45. The van der Waals surface area contributed by atoms with E-state index in [1.165, 1.54) is 18.2 Å². The summed E-state index contributed by atoms with van der Waals surface area (Å²) in [7, 11) is 0. The van der Waals surface area contributed by atoms with E-state index in [2.05, 4.69) is 0 Å². The number of carboxylic acids is 1. The van der Waals surface area contributed by atoms with Gasteiger partial charge in [-0.1, -0.05) is 24.3 Å². The molecule has 2 N–H and O–H groups in total. The van der Waals surface area contributed by atoms with E-state index in [1.54, 1.807) is 31.2 Å². The molecule has 0 heterocycles. The summed E-state index contributed by atoms with van der Waals surface area (Å²) < 4.78 is 5.46. The largest absolute Gasteiger partial charge is 0.508 e. The third kappa shape index (κ3) is 3.12. The van der Waals surface area contributed by atoms with E-state index in [9.17, 15) is 15.0 Å². The zero-order chi connectivity index (χ0) is 15.4. The first-order chi connectivity index (χ1) is 10.0. The van der Waals surface area contributed by atoms with Crippen LogP contribution in [-0.4, -0.2) is 16.2 Å². The number of hydrogen-bond acceptors (Lipinski definition) is 4. The molecule has 0 amide bonds. The van der Waals surface area contributed by atoms with Gasteiger partial charge in [0.1, 0.15) is 17.6 Å². The van der Waals surface area contributed by atoms with Crippen molar-refractivity contribution >= 4 is 5.97 Å². The van der Waals surface area contributed by atoms with Crippen molar-refractivity contribution in [3.63, 3.8) is 0 Å². The number of nitrogens with zero attached hydrogens (tertiary/aromatic N) is 1. The van der Waals surface area contributed by atoms with Crippen LogP contribution in [0.25, 0.3) is 0 Å². The van der Waals surface area contributed by atoms with E-state index >= 15 is 0 Å². The van der Waals surface area contributed by atoms with Gasteiger partial charge in [-0.05, 0) is 24.6 Å². The first-order valence-corrected chi connectivity index (χ1v) is 6.21. The minimum atomic E-state index is -1.25. The van der Waals surface area contributed by atoms with Crippen molar-refractivity contribution < 1.29 is 19.7 Å². The van der Waals surface area contributed by atoms with Crippen molar-refractivity contribution in [3.05, 3.63) is 59.2 Å². The highest BCUT2D eigenvalue weighted by molar-refractivity contribution is 5.75. The fourth-order valence-electron chi connectivity index (χ4n) is 1.96. The van der Waals surface area contributed by atoms with E-state index in [-0.39, 0.29) is 17.1 Å². The number of aryl methyl sites for hydroxylation is 1. The zero-order valence-electron chi connectivity index (χ0n) is 11.3. The minimum Gasteiger partial charge on any atom is -0.508 e. The van der Waals surface area contributed by atoms with Crippen LogP contribution < -0.4 is 4.74 Å². The Hall–Kier alpha value is -3.00. The lowest BCUT2D eigenvalue weighted by molar-refractivity contribution is -0.145. The van der Waals surface area contributed by atoms with Gasteiger partial charge in [0.15, 0.2) is 0 Å². The molecule has 1 unspecified atom stereocenters. The molecule has 0 saturated heterocycles. The fourth-order valence-corrected chi connectivity index (χ4v) is 1.96. The maximum Gasteiger partial charge on any atom is 0.349 e. The molecule has 2 rings (SSSR count). The van der Waals surface area contributed by atoms with Gasteiger partial charge in [-0.25, -0.2) is 4.79 Å². The Morgan fingerprint density at radius 2 is 2.00 bits per heavy atom. The van der Waals surface area contributed by atoms with Crippen molar-refractivity contribution in [2.24, 2.45) is 0 Å². The summed E-state index contributed by atoms with van der Waals surface area (Å²) in [6, 6.07) is 12.8. The second kappa shape index (κ2) is 5.97. The quantitative estimate of drug-likeness (QED) is 0.900. The van der Waals surface area contributed by atoms with E-state index in [4.69, 9.17) is 10.00 Å². The van der Waals surface area contributed by atoms with Gasteiger partial charge in [0.05, 0.1) is 5.56 Å². The van der Waals surface area contributed by atoms with Gasteiger partial charge in [-0.2, -0.15) is 5.26 Å². The van der Waals surface area contributed by atoms with Crippen LogP contribution in [0, 0.1) is 18.3 Å². The SMILES string of the molecule is Cc1ccccc1C(Oc1cc(O)ccc1C#N)C(=O)O. The average molecular weight is 283 g/mol. The lowest BCUT2D eigenvalue weighted by Crippen LogP contribution is -2.19. The molecular weight excluding hydrogens is 270 g/mol. The lowest BCUT2D eigenvalue weighted by atomic mass is 10.0. The first-order valence-electron chi connectivity index (χ1n) is 6.21. The predicted octanol–water partition coefficient (Wildman–Crippen LogP) is 2.78. The van der Waals surface area contributed by atoms with Crippen LogP contribution in [0.1, 0.15) is 22.8 Å². The van der Waals surface area contributed by atoms with Crippen LogP contribution in [0.4, 0.5) is 0 Å². The van der Waals surface area contributed by atoms with Crippen molar-refractivity contribution in [3.8, 4) is 17.6 Å². The van der Waals surface area contributed by atoms with Crippen molar-refractivity contribution in [2.75, 3.05) is 0 Å². The molecule has 0 fully saturated rings. The highest BCUT2D eigenvalue weighted by Gasteiger charge is 2.24. The third-order valence-electron chi connectivity index (χ3n) is 3.03. The molecule has 106 valence electrons. The molecule has 0 aliphatic carbocycles. The summed E-state index contributed by atoms with van der Waals surface area (Å²) in [6.07, 6.45) is -1.25. The highest BCUT2D eigenvalue weighted by Crippen LogP contribution is 2.29. The zero-order valence-corrected chi connectivity index (χ0v) is 11.3. The molecule has 21 heavy (non-hydrogen) atoms. The molecule has 0 aliphatic rings. The number of aliphatic carboxylic acids is 1. The summed E-state index contributed by atoms with van der Waals surface area (Å²) in [5.41, 5.74) is 1.42. The van der Waals surface area contributed by atoms with E-state index in [1.807, 2.05) is 6.07 Å². The monoisotopic (exact) mass is 283 g/mol. The summed E-state index contributed by atoms with van der Waals surface area (Å²) in [5, 5.41) is 27.9. The standard InChI is InChI=1S/C16H13NO4/c1-10-4-2-3-5-13(10)15(16(19)20)21-14-8-12(18)7-6-11(14)9-17/h2-8,15,18H,1H3,(H,19,20). The molecule has 5 nitrogen and oxygen atoms in total. The molecule has 0 saturated carbocycles. The number of nitriles is 1. The third-order valence-corrected chi connectivity index (χ3v) is 3.03. The summed E-state index contributed by atoms with van der Waals surface area (Å²) in [4.78, 5) is 11.5. The Labute approximate surface area is 121 Å². The van der Waals surface area contributed by atoms with E-state index in [0.717, 1.165) is 5.56 Å². The normalized spacial score (nSPS) is 11.4. The number of benzene rings is 2. The highest BCUT2D eigenvalue weighted by atomic mass is 16.5. The molecule has 0 aromatic heterocycles. The number of phenolic OH excluding ortho intramolecular Hbond substituents is 1. The Balaban J connectivity index is 2.43. The van der Waals surface area contributed by atoms with Crippen LogP contribution >= 0.6 is 0 Å². The van der Waals surface area contributed by atoms with Crippen molar-refractivity contribution in [1.82, 2.24) is 0 Å². The smallest absolute Gasteiger partial charge is 0.349 e. The maximum atomic E-state index is 11.5. The number of rotatable bonds is 4. The van der Waals surface area contributed by atoms with Crippen LogP contribution in [0.2, 0.25) is 0 Å². The number of ether oxygens (including phenoxy) is 1. The van der Waals surface area contributed by atoms with Crippen molar-refractivity contribution in [1.29, 1.82) is 5.26 Å². The minimum absolute atomic E-state index is 0.0353. The molecule has 2 aromatic carbocycles. The van der Waals surface area contributed by atoms with Crippen molar-refractivity contribution in [2.45, 2.75) is 13.0 Å². The lowest BCUT2D eigenvalue weighted by Gasteiger charge is -2.18. The fraction of sp³-hybridized carbons (Fsp3) is 0.125.